The third-order valence-electron chi connectivity index (χ3n) is 1.80. The van der Waals surface area contributed by atoms with Crippen molar-refractivity contribution in [1.82, 2.24) is 0 Å². The summed E-state index contributed by atoms with van der Waals surface area (Å²) in [6.45, 7) is 4.28. The number of hydrogen-bond donors (Lipinski definition) is 0. The van der Waals surface area contributed by atoms with Gasteiger partial charge >= 0.3 is 0 Å². The fraction of sp³-hybridized carbons (Fsp3) is 0.556. The summed E-state index contributed by atoms with van der Waals surface area (Å²) in [5.74, 6) is 0. The molecular formula is C9H12Cl2S. The highest BCUT2D eigenvalue weighted by atomic mass is 35.5. The van der Waals surface area contributed by atoms with Crippen molar-refractivity contribution in [2.45, 2.75) is 31.5 Å². The first-order valence-corrected chi connectivity index (χ1v) is 5.77. The number of rotatable bonds is 3. The van der Waals surface area contributed by atoms with Crippen LogP contribution in [-0.4, -0.2) is 0 Å². The molecule has 0 spiro atoms. The number of hydrogen-bond acceptors (Lipinski definition) is 1. The molecule has 0 amide bonds. The number of aryl methyl sites for hydroxylation is 2. The van der Waals surface area contributed by atoms with Gasteiger partial charge in [-0.25, -0.2) is 0 Å². The molecule has 68 valence electrons. The molecule has 1 heterocycles. The first-order valence-electron chi connectivity index (χ1n) is 4.08. The maximum absolute atomic E-state index is 5.83. The molecule has 0 radical (unpaired) electrons. The standard InChI is InChI=1S/C9H12Cl2S/c1-3-6-5-7(9(10)11)8(4-2)12-6/h5,9H,3-4H2,1-2H3. The molecule has 0 N–H and O–H groups in total. The van der Waals surface area contributed by atoms with Crippen molar-refractivity contribution in [1.29, 1.82) is 0 Å². The minimum absolute atomic E-state index is 0.364. The molecule has 0 saturated heterocycles. The van der Waals surface area contributed by atoms with Crippen LogP contribution < -0.4 is 0 Å². The van der Waals surface area contributed by atoms with Crippen LogP contribution in [0, 0.1) is 0 Å². The molecule has 1 aromatic heterocycles. The second-order valence-electron chi connectivity index (χ2n) is 2.60. The first kappa shape index (κ1) is 10.4. The zero-order valence-corrected chi connectivity index (χ0v) is 9.56. The molecule has 3 heteroatoms. The molecular weight excluding hydrogens is 211 g/mol. The molecule has 0 aliphatic carbocycles. The molecule has 0 unspecified atom stereocenters. The molecule has 0 aromatic carbocycles. The van der Waals surface area contributed by atoms with Crippen molar-refractivity contribution in [3.8, 4) is 0 Å². The number of alkyl halides is 2. The van der Waals surface area contributed by atoms with Gasteiger partial charge in [-0.3, -0.25) is 0 Å². The second kappa shape index (κ2) is 4.50. The summed E-state index contributed by atoms with van der Waals surface area (Å²) in [5.41, 5.74) is 1.10. The summed E-state index contributed by atoms with van der Waals surface area (Å²) in [6, 6.07) is 2.12. The van der Waals surface area contributed by atoms with Crippen LogP contribution >= 0.6 is 34.5 Å². The monoisotopic (exact) mass is 222 g/mol. The molecule has 0 aliphatic rings. The quantitative estimate of drug-likeness (QED) is 0.668. The van der Waals surface area contributed by atoms with Gasteiger partial charge in [0.05, 0.1) is 0 Å². The Kier molecular flexibility index (Phi) is 3.88. The highest BCUT2D eigenvalue weighted by Gasteiger charge is 2.12. The van der Waals surface area contributed by atoms with E-state index in [9.17, 15) is 0 Å². The zero-order chi connectivity index (χ0) is 9.14. The first-order chi connectivity index (χ1) is 5.69. The van der Waals surface area contributed by atoms with Crippen LogP contribution in [0.4, 0.5) is 0 Å². The van der Waals surface area contributed by atoms with E-state index >= 15 is 0 Å². The van der Waals surface area contributed by atoms with Crippen molar-refractivity contribution < 1.29 is 0 Å². The van der Waals surface area contributed by atoms with E-state index in [1.54, 1.807) is 0 Å². The van der Waals surface area contributed by atoms with E-state index in [2.05, 4.69) is 19.9 Å². The summed E-state index contributed by atoms with van der Waals surface area (Å²) in [5, 5.41) is 0. The van der Waals surface area contributed by atoms with E-state index in [4.69, 9.17) is 23.2 Å². The van der Waals surface area contributed by atoms with E-state index in [1.807, 2.05) is 11.3 Å². The summed E-state index contributed by atoms with van der Waals surface area (Å²) in [7, 11) is 0. The van der Waals surface area contributed by atoms with Crippen molar-refractivity contribution in [2.24, 2.45) is 0 Å². The van der Waals surface area contributed by atoms with Crippen molar-refractivity contribution in [3.05, 3.63) is 21.4 Å². The zero-order valence-electron chi connectivity index (χ0n) is 7.23. The lowest BCUT2D eigenvalue weighted by molar-refractivity contribution is 1.14. The second-order valence-corrected chi connectivity index (χ2v) is 4.92. The SMILES string of the molecule is CCc1cc(C(Cl)Cl)c(CC)s1. The average molecular weight is 223 g/mol. The van der Waals surface area contributed by atoms with Crippen LogP contribution in [0.1, 0.15) is 34.0 Å². The molecule has 0 aliphatic heterocycles. The Morgan fingerprint density at radius 2 is 2.00 bits per heavy atom. The minimum atomic E-state index is -0.364. The van der Waals surface area contributed by atoms with Gasteiger partial charge in [0.2, 0.25) is 0 Å². The predicted octanol–water partition coefficient (Wildman–Crippen LogP) is 4.35. The van der Waals surface area contributed by atoms with Gasteiger partial charge in [-0.15, -0.1) is 34.5 Å². The van der Waals surface area contributed by atoms with E-state index in [-0.39, 0.29) is 4.84 Å². The lowest BCUT2D eigenvalue weighted by atomic mass is 10.2. The van der Waals surface area contributed by atoms with Gasteiger partial charge in [-0.05, 0) is 24.5 Å². The van der Waals surface area contributed by atoms with Gasteiger partial charge in [-0.2, -0.15) is 0 Å². The molecule has 12 heavy (non-hydrogen) atoms. The highest BCUT2D eigenvalue weighted by molar-refractivity contribution is 7.12. The van der Waals surface area contributed by atoms with Crippen LogP contribution in [0.2, 0.25) is 0 Å². The molecule has 0 saturated carbocycles. The Morgan fingerprint density at radius 3 is 2.33 bits per heavy atom. The maximum Gasteiger partial charge on any atom is 0.133 e. The van der Waals surface area contributed by atoms with Crippen LogP contribution in [0.25, 0.3) is 0 Å². The summed E-state index contributed by atoms with van der Waals surface area (Å²) in [6.07, 6.45) is 2.09. The molecule has 1 rings (SSSR count). The summed E-state index contributed by atoms with van der Waals surface area (Å²) in [4.78, 5) is 2.33. The highest BCUT2D eigenvalue weighted by Crippen LogP contribution is 2.34. The molecule has 1 aromatic rings. The normalized spacial score (nSPS) is 11.1. The van der Waals surface area contributed by atoms with Gasteiger partial charge in [0, 0.05) is 9.75 Å². The van der Waals surface area contributed by atoms with E-state index in [0.717, 1.165) is 18.4 Å². The van der Waals surface area contributed by atoms with E-state index in [1.165, 1.54) is 9.75 Å². The fourth-order valence-corrected chi connectivity index (χ4v) is 2.74. The third kappa shape index (κ3) is 2.15. The van der Waals surface area contributed by atoms with Crippen LogP contribution in [0.3, 0.4) is 0 Å². The number of thiophene rings is 1. The van der Waals surface area contributed by atoms with Gasteiger partial charge in [0.25, 0.3) is 0 Å². The Bertz CT molecular complexity index is 253. The Hall–Kier alpha value is 0.280. The molecule has 0 nitrogen and oxygen atoms in total. The fourth-order valence-electron chi connectivity index (χ4n) is 1.14. The Labute approximate surface area is 87.5 Å². The minimum Gasteiger partial charge on any atom is -0.145 e. The lowest BCUT2D eigenvalue weighted by Crippen LogP contribution is -1.82. The van der Waals surface area contributed by atoms with E-state index in [0.29, 0.717) is 0 Å². The average Bonchev–Trinajstić information content (AvgIpc) is 2.47. The van der Waals surface area contributed by atoms with Crippen molar-refractivity contribution >= 4 is 34.5 Å². The molecule has 0 bridgehead atoms. The summed E-state index contributed by atoms with van der Waals surface area (Å²) >= 11 is 13.5. The van der Waals surface area contributed by atoms with Gasteiger partial charge < -0.3 is 0 Å². The van der Waals surface area contributed by atoms with Gasteiger partial charge in [0.15, 0.2) is 0 Å². The smallest absolute Gasteiger partial charge is 0.133 e. The number of halogens is 2. The van der Waals surface area contributed by atoms with E-state index < -0.39 is 0 Å². The van der Waals surface area contributed by atoms with Crippen molar-refractivity contribution in [2.75, 3.05) is 0 Å². The molecule has 0 atom stereocenters. The van der Waals surface area contributed by atoms with Crippen LogP contribution in [-0.2, 0) is 12.8 Å². The lowest BCUT2D eigenvalue weighted by Gasteiger charge is -1.99. The Balaban J connectivity index is 3.00. The molecule has 0 fully saturated rings. The van der Waals surface area contributed by atoms with Crippen LogP contribution in [0.5, 0.6) is 0 Å². The largest absolute Gasteiger partial charge is 0.145 e. The maximum atomic E-state index is 5.83. The summed E-state index contributed by atoms with van der Waals surface area (Å²) < 4.78 is 0. The Morgan fingerprint density at radius 1 is 1.33 bits per heavy atom. The van der Waals surface area contributed by atoms with Crippen LogP contribution in [0.15, 0.2) is 6.07 Å². The topological polar surface area (TPSA) is 0 Å². The van der Waals surface area contributed by atoms with Gasteiger partial charge in [-0.1, -0.05) is 13.8 Å². The van der Waals surface area contributed by atoms with Crippen molar-refractivity contribution in [3.63, 3.8) is 0 Å². The predicted molar refractivity (Wildman–Crippen MR) is 57.5 cm³/mol. The third-order valence-corrected chi connectivity index (χ3v) is 3.71. The van der Waals surface area contributed by atoms with Gasteiger partial charge in [0.1, 0.15) is 4.84 Å².